The number of hydrogen-bond acceptors (Lipinski definition) is 7. The Morgan fingerprint density at radius 3 is 2.29 bits per heavy atom. The van der Waals surface area contributed by atoms with Crippen molar-refractivity contribution in [3.05, 3.63) is 35.9 Å². The van der Waals surface area contributed by atoms with Crippen molar-refractivity contribution in [3.8, 4) is 18.2 Å². The highest BCUT2D eigenvalue weighted by atomic mass is 16.7. The molecule has 1 aliphatic carbocycles. The normalized spacial score (nSPS) is 30.2. The number of hydrogen-bond donors (Lipinski definition) is 1. The van der Waals surface area contributed by atoms with Crippen LogP contribution in [0, 0.1) is 56.2 Å². The van der Waals surface area contributed by atoms with Crippen LogP contribution < -0.4 is 0 Å². The van der Waals surface area contributed by atoms with Gasteiger partial charge < -0.3 is 10.2 Å². The molecule has 7 nitrogen and oxygen atoms in total. The van der Waals surface area contributed by atoms with E-state index in [2.05, 4.69) is 5.16 Å². The minimum Gasteiger partial charge on any atom is -0.317 e. The Kier molecular flexibility index (Phi) is 3.21. The quantitative estimate of drug-likeness (QED) is 0.789. The first-order chi connectivity index (χ1) is 11.5. The van der Waals surface area contributed by atoms with Crippen molar-refractivity contribution in [3.63, 3.8) is 0 Å². The van der Waals surface area contributed by atoms with Gasteiger partial charge in [-0.3, -0.25) is 0 Å². The van der Waals surface area contributed by atoms with E-state index in [4.69, 9.17) is 10.2 Å². The van der Waals surface area contributed by atoms with Crippen LogP contribution in [0.15, 0.2) is 35.5 Å². The van der Waals surface area contributed by atoms with Crippen LogP contribution in [0.2, 0.25) is 0 Å². The fourth-order valence-corrected chi connectivity index (χ4v) is 3.76. The van der Waals surface area contributed by atoms with E-state index in [-0.39, 0.29) is 11.4 Å². The van der Waals surface area contributed by atoms with E-state index in [1.165, 1.54) is 6.92 Å². The van der Waals surface area contributed by atoms with E-state index in [0.29, 0.717) is 5.56 Å². The summed E-state index contributed by atoms with van der Waals surface area (Å²) in [5, 5.41) is 41.2. The SMILES string of the molecule is CC1=NOC(=O)[C@]12C(=N)[C@@H](C#N)C(C#N)(C#N)[C@H]2c1ccccc1. The number of nitrogens with one attached hydrogen (secondary N) is 1. The van der Waals surface area contributed by atoms with Gasteiger partial charge in [-0.15, -0.1) is 0 Å². The average molecular weight is 317 g/mol. The molecule has 0 saturated heterocycles. The van der Waals surface area contributed by atoms with Crippen LogP contribution in [0.5, 0.6) is 0 Å². The first-order valence-electron chi connectivity index (χ1n) is 7.13. The molecule has 0 radical (unpaired) electrons. The molecule has 1 fully saturated rings. The average Bonchev–Trinajstić information content (AvgIpc) is 3.03. The van der Waals surface area contributed by atoms with Crippen LogP contribution in [0.25, 0.3) is 0 Å². The monoisotopic (exact) mass is 317 g/mol. The van der Waals surface area contributed by atoms with E-state index >= 15 is 0 Å². The Balaban J connectivity index is 2.43. The molecule has 1 aliphatic heterocycles. The number of nitrogens with zero attached hydrogens (tertiary/aromatic N) is 4. The summed E-state index contributed by atoms with van der Waals surface area (Å²) in [4.78, 5) is 17.4. The van der Waals surface area contributed by atoms with E-state index < -0.39 is 28.6 Å². The van der Waals surface area contributed by atoms with Crippen molar-refractivity contribution in [2.24, 2.45) is 21.9 Å². The van der Waals surface area contributed by atoms with Gasteiger partial charge in [0.1, 0.15) is 5.92 Å². The number of benzene rings is 1. The lowest BCUT2D eigenvalue weighted by Crippen LogP contribution is -2.44. The second-order valence-electron chi connectivity index (χ2n) is 5.78. The lowest BCUT2D eigenvalue weighted by Gasteiger charge is -2.31. The lowest BCUT2D eigenvalue weighted by atomic mass is 9.64. The van der Waals surface area contributed by atoms with Gasteiger partial charge in [-0.2, -0.15) is 15.8 Å². The molecule has 0 bridgehead atoms. The third-order valence-electron chi connectivity index (χ3n) is 4.85. The number of oxime groups is 1. The number of carbonyl (C=O) groups excluding carboxylic acids is 1. The number of rotatable bonds is 1. The first-order valence-corrected chi connectivity index (χ1v) is 7.13. The molecule has 0 amide bonds. The summed E-state index contributed by atoms with van der Waals surface area (Å²) in [6, 6.07) is 14.2. The van der Waals surface area contributed by atoms with E-state index in [1.54, 1.807) is 30.3 Å². The van der Waals surface area contributed by atoms with Gasteiger partial charge >= 0.3 is 5.97 Å². The van der Waals surface area contributed by atoms with Crippen LogP contribution in [0.3, 0.4) is 0 Å². The topological polar surface area (TPSA) is 134 Å². The molecular weight excluding hydrogens is 306 g/mol. The Bertz CT molecular complexity index is 886. The molecule has 0 unspecified atom stereocenters. The van der Waals surface area contributed by atoms with Gasteiger partial charge in [0.05, 0.1) is 29.6 Å². The fourth-order valence-electron chi connectivity index (χ4n) is 3.76. The van der Waals surface area contributed by atoms with Gasteiger partial charge in [0, 0.05) is 5.92 Å². The second-order valence-corrected chi connectivity index (χ2v) is 5.78. The van der Waals surface area contributed by atoms with Crippen molar-refractivity contribution in [1.29, 1.82) is 21.2 Å². The van der Waals surface area contributed by atoms with Crippen molar-refractivity contribution < 1.29 is 9.63 Å². The molecule has 3 rings (SSSR count). The number of nitriles is 3. The van der Waals surface area contributed by atoms with Gasteiger partial charge in [0.2, 0.25) is 0 Å². The summed E-state index contributed by atoms with van der Waals surface area (Å²) in [6.07, 6.45) is 0. The Morgan fingerprint density at radius 2 is 1.83 bits per heavy atom. The van der Waals surface area contributed by atoms with Gasteiger partial charge in [-0.25, -0.2) is 4.79 Å². The van der Waals surface area contributed by atoms with E-state index in [1.807, 2.05) is 18.2 Å². The Morgan fingerprint density at radius 1 is 1.21 bits per heavy atom. The van der Waals surface area contributed by atoms with Gasteiger partial charge in [0.15, 0.2) is 10.8 Å². The zero-order chi connectivity index (χ0) is 17.5. The molecule has 3 atom stereocenters. The number of carbonyl (C=O) groups is 1. The highest BCUT2D eigenvalue weighted by Crippen LogP contribution is 2.62. The van der Waals surface area contributed by atoms with Crippen molar-refractivity contribution >= 4 is 17.4 Å². The predicted molar refractivity (Wildman–Crippen MR) is 81.3 cm³/mol. The third kappa shape index (κ3) is 1.50. The van der Waals surface area contributed by atoms with Gasteiger partial charge in [0.25, 0.3) is 0 Å². The molecule has 1 heterocycles. The maximum Gasteiger partial charge on any atom is 0.353 e. The molecule has 0 aromatic heterocycles. The first kappa shape index (κ1) is 15.4. The molecule has 2 aliphatic rings. The van der Waals surface area contributed by atoms with Crippen molar-refractivity contribution in [2.75, 3.05) is 0 Å². The zero-order valence-corrected chi connectivity index (χ0v) is 12.6. The van der Waals surface area contributed by atoms with Crippen LogP contribution in [0.1, 0.15) is 18.4 Å². The highest BCUT2D eigenvalue weighted by Gasteiger charge is 2.74. The van der Waals surface area contributed by atoms with Crippen molar-refractivity contribution in [1.82, 2.24) is 0 Å². The summed E-state index contributed by atoms with van der Waals surface area (Å²) >= 11 is 0. The zero-order valence-electron chi connectivity index (χ0n) is 12.6. The van der Waals surface area contributed by atoms with Crippen LogP contribution in [0.4, 0.5) is 0 Å². The molecule has 1 N–H and O–H groups in total. The molecule has 1 aromatic carbocycles. The van der Waals surface area contributed by atoms with Crippen LogP contribution in [-0.2, 0) is 9.63 Å². The maximum atomic E-state index is 12.6. The second kappa shape index (κ2) is 5.01. The van der Waals surface area contributed by atoms with Crippen molar-refractivity contribution in [2.45, 2.75) is 12.8 Å². The molecule has 1 aromatic rings. The summed E-state index contributed by atoms with van der Waals surface area (Å²) in [6.45, 7) is 1.51. The van der Waals surface area contributed by atoms with Crippen LogP contribution in [-0.4, -0.2) is 17.4 Å². The fraction of sp³-hybridized carbons (Fsp3) is 0.294. The molecule has 116 valence electrons. The molecule has 1 saturated carbocycles. The molecular formula is C17H11N5O2. The minimum atomic E-state index is -1.88. The molecule has 24 heavy (non-hydrogen) atoms. The predicted octanol–water partition coefficient (Wildman–Crippen LogP) is 1.90. The maximum absolute atomic E-state index is 12.6. The van der Waals surface area contributed by atoms with E-state index in [0.717, 1.165) is 0 Å². The largest absolute Gasteiger partial charge is 0.353 e. The minimum absolute atomic E-state index is 0.180. The lowest BCUT2D eigenvalue weighted by molar-refractivity contribution is -0.146. The van der Waals surface area contributed by atoms with E-state index in [9.17, 15) is 20.6 Å². The third-order valence-corrected chi connectivity index (χ3v) is 4.85. The van der Waals surface area contributed by atoms with Gasteiger partial charge in [-0.1, -0.05) is 35.5 Å². The Hall–Kier alpha value is -3.50. The van der Waals surface area contributed by atoms with Gasteiger partial charge in [-0.05, 0) is 12.5 Å². The Labute approximate surface area is 137 Å². The summed E-state index contributed by atoms with van der Waals surface area (Å²) < 4.78 is 0. The summed E-state index contributed by atoms with van der Waals surface area (Å²) in [5.74, 6) is -3.22. The highest BCUT2D eigenvalue weighted by molar-refractivity contribution is 6.29. The summed E-state index contributed by atoms with van der Waals surface area (Å²) in [7, 11) is 0. The molecule has 7 heteroatoms. The smallest absolute Gasteiger partial charge is 0.317 e. The van der Waals surface area contributed by atoms with Crippen LogP contribution >= 0.6 is 0 Å². The molecule has 1 spiro atoms. The standard InChI is InChI=1S/C17H11N5O2/c1-10-17(15(23)24-22-10)13(11-5-3-2-4-6-11)16(8-19,9-20)12(7-18)14(17)21/h2-6,12-13,21H,1H3/t12-,13-,17-/m1/s1. The summed E-state index contributed by atoms with van der Waals surface area (Å²) in [5.41, 5.74) is -3.21.